The van der Waals surface area contributed by atoms with Crippen LogP contribution in [0.25, 0.3) is 0 Å². The summed E-state index contributed by atoms with van der Waals surface area (Å²) in [6.07, 6.45) is 8.90. The van der Waals surface area contributed by atoms with Crippen LogP contribution in [0.1, 0.15) is 63.4 Å². The van der Waals surface area contributed by atoms with E-state index >= 15 is 0 Å². The van der Waals surface area contributed by atoms with E-state index in [1.165, 1.54) is 12.4 Å². The third-order valence-electron chi connectivity index (χ3n) is 6.18. The zero-order valence-electron chi connectivity index (χ0n) is 18.2. The van der Waals surface area contributed by atoms with Crippen molar-refractivity contribution in [3.63, 3.8) is 0 Å². The van der Waals surface area contributed by atoms with Crippen molar-refractivity contribution in [3.05, 3.63) is 24.3 Å². The molecule has 7 heteroatoms. The van der Waals surface area contributed by atoms with E-state index in [9.17, 15) is 9.59 Å². The van der Waals surface area contributed by atoms with Crippen LogP contribution >= 0.6 is 0 Å². The molecule has 2 heterocycles. The third kappa shape index (κ3) is 5.32. The first-order valence-electron chi connectivity index (χ1n) is 10.6. The Morgan fingerprint density at radius 3 is 2.72 bits per heavy atom. The van der Waals surface area contributed by atoms with Crippen LogP contribution in [0.4, 0.5) is 0 Å². The maximum absolute atomic E-state index is 13.1. The van der Waals surface area contributed by atoms with Crippen LogP contribution < -0.4 is 0 Å². The molecule has 0 radical (unpaired) electrons. The van der Waals surface area contributed by atoms with Gasteiger partial charge < -0.3 is 14.5 Å². The standard InChI is InChI=1S/C22H34N4O3/c1-21(2)12-17-13-22(3,15-21)16-26(17)19(27)6-10-25(9-5-11-29-4)20(28)18-14-23-7-8-24-18/h7-8,14,17H,5-6,9-13,15-16H2,1-4H3/t17-,22-/m1/s1. The highest BCUT2D eigenvalue weighted by Gasteiger charge is 2.50. The van der Waals surface area contributed by atoms with Crippen LogP contribution in [0, 0.1) is 10.8 Å². The lowest BCUT2D eigenvalue weighted by Crippen LogP contribution is -2.40. The lowest BCUT2D eigenvalue weighted by atomic mass is 9.65. The highest BCUT2D eigenvalue weighted by Crippen LogP contribution is 2.52. The zero-order chi connectivity index (χ0) is 21.1. The largest absolute Gasteiger partial charge is 0.385 e. The molecule has 0 spiro atoms. The second-order valence-corrected chi connectivity index (χ2v) is 9.71. The fourth-order valence-corrected chi connectivity index (χ4v) is 5.41. The average Bonchev–Trinajstić information content (AvgIpc) is 2.93. The summed E-state index contributed by atoms with van der Waals surface area (Å²) in [6, 6.07) is 0.328. The van der Waals surface area contributed by atoms with Gasteiger partial charge in [-0.1, -0.05) is 20.8 Å². The van der Waals surface area contributed by atoms with Gasteiger partial charge in [0.1, 0.15) is 5.69 Å². The Bertz CT molecular complexity index is 724. The number of methoxy groups -OCH3 is 1. The Morgan fingerprint density at radius 2 is 2.03 bits per heavy atom. The number of carbonyl (C=O) groups excluding carboxylic acids is 2. The van der Waals surface area contributed by atoms with E-state index in [1.807, 2.05) is 0 Å². The molecule has 2 atom stereocenters. The predicted molar refractivity (Wildman–Crippen MR) is 110 cm³/mol. The molecule has 0 N–H and O–H groups in total. The molecule has 1 saturated heterocycles. The molecular formula is C22H34N4O3. The van der Waals surface area contributed by atoms with E-state index in [0.717, 1.165) is 32.2 Å². The number of amides is 2. The van der Waals surface area contributed by atoms with Crippen molar-refractivity contribution in [2.45, 2.75) is 58.9 Å². The van der Waals surface area contributed by atoms with E-state index in [2.05, 4.69) is 35.6 Å². The molecule has 1 aromatic rings. The van der Waals surface area contributed by atoms with E-state index in [4.69, 9.17) is 4.74 Å². The molecule has 1 saturated carbocycles. The second kappa shape index (κ2) is 8.78. The maximum Gasteiger partial charge on any atom is 0.274 e. The number of nitrogens with zero attached hydrogens (tertiary/aromatic N) is 4. The van der Waals surface area contributed by atoms with Gasteiger partial charge in [-0.25, -0.2) is 4.98 Å². The minimum Gasteiger partial charge on any atom is -0.385 e. The summed E-state index contributed by atoms with van der Waals surface area (Å²) < 4.78 is 5.12. The van der Waals surface area contributed by atoms with E-state index in [0.29, 0.717) is 37.9 Å². The molecule has 2 bridgehead atoms. The minimum absolute atomic E-state index is 0.153. The van der Waals surface area contributed by atoms with Crippen molar-refractivity contribution in [1.82, 2.24) is 19.8 Å². The number of fused-ring (bicyclic) bond motifs is 2. The van der Waals surface area contributed by atoms with Crippen molar-refractivity contribution in [3.8, 4) is 0 Å². The van der Waals surface area contributed by atoms with Gasteiger partial charge in [0.2, 0.25) is 5.91 Å². The zero-order valence-corrected chi connectivity index (χ0v) is 18.2. The van der Waals surface area contributed by atoms with Gasteiger partial charge >= 0.3 is 0 Å². The number of likely N-dealkylation sites (tertiary alicyclic amines) is 1. The fourth-order valence-electron chi connectivity index (χ4n) is 5.41. The number of carbonyl (C=O) groups is 2. The minimum atomic E-state index is -0.185. The van der Waals surface area contributed by atoms with Crippen LogP contribution in [-0.4, -0.2) is 71.0 Å². The molecule has 1 aromatic heterocycles. The fraction of sp³-hybridized carbons (Fsp3) is 0.727. The number of rotatable bonds is 8. The number of hydrogen-bond donors (Lipinski definition) is 0. The molecular weight excluding hydrogens is 368 g/mol. The van der Waals surface area contributed by atoms with Gasteiger partial charge in [-0.3, -0.25) is 14.6 Å². The van der Waals surface area contributed by atoms with E-state index < -0.39 is 0 Å². The summed E-state index contributed by atoms with van der Waals surface area (Å²) in [5.74, 6) is -0.0321. The Balaban J connectivity index is 1.63. The van der Waals surface area contributed by atoms with Crippen molar-refractivity contribution in [1.29, 1.82) is 0 Å². The molecule has 7 nitrogen and oxygen atoms in total. The smallest absolute Gasteiger partial charge is 0.274 e. The van der Waals surface area contributed by atoms with E-state index in [1.54, 1.807) is 18.2 Å². The van der Waals surface area contributed by atoms with Crippen molar-refractivity contribution in [2.24, 2.45) is 10.8 Å². The summed E-state index contributed by atoms with van der Waals surface area (Å²) in [5, 5.41) is 0. The van der Waals surface area contributed by atoms with Gasteiger partial charge in [0, 0.05) is 58.2 Å². The van der Waals surface area contributed by atoms with Gasteiger partial charge in [0.25, 0.3) is 5.91 Å². The topological polar surface area (TPSA) is 75.6 Å². The van der Waals surface area contributed by atoms with Gasteiger partial charge in [0.15, 0.2) is 0 Å². The third-order valence-corrected chi connectivity index (χ3v) is 6.18. The molecule has 160 valence electrons. The molecule has 2 aliphatic rings. The maximum atomic E-state index is 13.1. The predicted octanol–water partition coefficient (Wildman–Crippen LogP) is 2.77. The van der Waals surface area contributed by atoms with Crippen LogP contribution in [0.5, 0.6) is 0 Å². The van der Waals surface area contributed by atoms with Gasteiger partial charge in [0.05, 0.1) is 6.20 Å². The summed E-state index contributed by atoms with van der Waals surface area (Å²) in [4.78, 5) is 37.8. The summed E-state index contributed by atoms with van der Waals surface area (Å²) in [6.45, 7) is 9.25. The normalized spacial score (nSPS) is 25.1. The number of hydrogen-bond acceptors (Lipinski definition) is 5. The molecule has 0 aromatic carbocycles. The first-order valence-corrected chi connectivity index (χ1v) is 10.6. The molecule has 29 heavy (non-hydrogen) atoms. The van der Waals surface area contributed by atoms with E-state index in [-0.39, 0.29) is 22.6 Å². The molecule has 0 unspecified atom stereocenters. The molecule has 1 aliphatic heterocycles. The summed E-state index contributed by atoms with van der Waals surface area (Å²) >= 11 is 0. The van der Waals surface area contributed by atoms with Gasteiger partial charge in [-0.15, -0.1) is 0 Å². The average molecular weight is 403 g/mol. The van der Waals surface area contributed by atoms with Crippen LogP contribution in [-0.2, 0) is 9.53 Å². The van der Waals surface area contributed by atoms with Crippen LogP contribution in [0.15, 0.2) is 18.6 Å². The lowest BCUT2D eigenvalue weighted by molar-refractivity contribution is -0.132. The quantitative estimate of drug-likeness (QED) is 0.625. The first-order chi connectivity index (χ1) is 13.7. The number of aromatic nitrogens is 2. The second-order valence-electron chi connectivity index (χ2n) is 9.71. The molecule has 1 aliphatic carbocycles. The summed E-state index contributed by atoms with van der Waals surface area (Å²) in [7, 11) is 1.64. The van der Waals surface area contributed by atoms with Crippen molar-refractivity contribution in [2.75, 3.05) is 33.4 Å². The molecule has 3 rings (SSSR count). The Kier molecular flexibility index (Phi) is 6.56. The highest BCUT2D eigenvalue weighted by molar-refractivity contribution is 5.92. The Labute approximate surface area is 173 Å². The van der Waals surface area contributed by atoms with Gasteiger partial charge in [-0.2, -0.15) is 0 Å². The first kappa shape index (κ1) is 21.7. The van der Waals surface area contributed by atoms with Crippen molar-refractivity contribution < 1.29 is 14.3 Å². The SMILES string of the molecule is COCCCN(CCC(=O)N1C[C@]2(C)C[C@H]1CC(C)(C)C2)C(=O)c1cnccn1. The molecule has 2 fully saturated rings. The van der Waals surface area contributed by atoms with Crippen molar-refractivity contribution >= 4 is 11.8 Å². The Hall–Kier alpha value is -2.02. The van der Waals surface area contributed by atoms with Crippen LogP contribution in [0.2, 0.25) is 0 Å². The van der Waals surface area contributed by atoms with Crippen LogP contribution in [0.3, 0.4) is 0 Å². The Morgan fingerprint density at radius 1 is 1.24 bits per heavy atom. The summed E-state index contributed by atoms with van der Waals surface area (Å²) in [5.41, 5.74) is 0.805. The lowest BCUT2D eigenvalue weighted by Gasteiger charge is -2.39. The monoisotopic (exact) mass is 402 g/mol. The number of ether oxygens (including phenoxy) is 1. The highest BCUT2D eigenvalue weighted by atomic mass is 16.5. The molecule has 2 amide bonds. The van der Waals surface area contributed by atoms with Gasteiger partial charge in [-0.05, 0) is 36.5 Å².